The van der Waals surface area contributed by atoms with Crippen molar-refractivity contribution in [3.05, 3.63) is 89.9 Å². The molecule has 1 aliphatic rings. The zero-order valence-electron chi connectivity index (χ0n) is 19.5. The van der Waals surface area contributed by atoms with Crippen LogP contribution in [0, 0.1) is 0 Å². The standard InChI is InChI=1S/C27H30F3N3O2/c28-27(29,30)22-10-4-11-23(19-22)31-26(34)33(20-25-12-6-18-35-25)24-13-16-32(17-14-24)15-5-9-21-7-2-1-3-8-21/h1-4,6-8,10-12,18-19,24H,5,9,13-17,20H2,(H,31,34). The third-order valence-corrected chi connectivity index (χ3v) is 6.39. The molecule has 186 valence electrons. The lowest BCUT2D eigenvalue weighted by atomic mass is 10.0. The fourth-order valence-electron chi connectivity index (χ4n) is 4.51. The molecular weight excluding hydrogens is 455 g/mol. The maximum atomic E-state index is 13.2. The summed E-state index contributed by atoms with van der Waals surface area (Å²) in [6, 6.07) is 18.2. The van der Waals surface area contributed by atoms with Crippen LogP contribution in [0.2, 0.25) is 0 Å². The largest absolute Gasteiger partial charge is 0.467 e. The van der Waals surface area contributed by atoms with Gasteiger partial charge in [-0.05, 0) is 68.1 Å². The fraction of sp³-hybridized carbons (Fsp3) is 0.370. The smallest absolute Gasteiger partial charge is 0.416 e. The molecule has 2 heterocycles. The summed E-state index contributed by atoms with van der Waals surface area (Å²) >= 11 is 0. The summed E-state index contributed by atoms with van der Waals surface area (Å²) < 4.78 is 44.7. The van der Waals surface area contributed by atoms with E-state index in [1.165, 1.54) is 17.7 Å². The van der Waals surface area contributed by atoms with Crippen molar-refractivity contribution in [2.75, 3.05) is 25.0 Å². The van der Waals surface area contributed by atoms with Gasteiger partial charge in [-0.25, -0.2) is 4.79 Å². The number of piperidine rings is 1. The molecule has 3 aromatic rings. The summed E-state index contributed by atoms with van der Waals surface area (Å²) in [5.41, 5.74) is 0.655. The molecule has 1 aliphatic heterocycles. The van der Waals surface area contributed by atoms with Crippen molar-refractivity contribution in [3.63, 3.8) is 0 Å². The molecule has 0 aliphatic carbocycles. The molecule has 4 rings (SSSR count). The summed E-state index contributed by atoms with van der Waals surface area (Å²) in [6.45, 7) is 2.99. The number of halogens is 3. The first-order valence-electron chi connectivity index (χ1n) is 11.9. The molecule has 2 aromatic carbocycles. The minimum atomic E-state index is -4.47. The van der Waals surface area contributed by atoms with Gasteiger partial charge in [-0.1, -0.05) is 36.4 Å². The Labute approximate surface area is 203 Å². The Bertz CT molecular complexity index is 1060. The van der Waals surface area contributed by atoms with E-state index in [9.17, 15) is 18.0 Å². The number of alkyl halides is 3. The Morgan fingerprint density at radius 3 is 2.49 bits per heavy atom. The number of carbonyl (C=O) groups excluding carboxylic acids is 1. The van der Waals surface area contributed by atoms with Crippen molar-refractivity contribution >= 4 is 11.7 Å². The number of nitrogens with zero attached hydrogens (tertiary/aromatic N) is 2. The number of nitrogens with one attached hydrogen (secondary N) is 1. The summed E-state index contributed by atoms with van der Waals surface area (Å²) in [6.07, 6.45) is 0.769. The van der Waals surface area contributed by atoms with Crippen LogP contribution in [0.1, 0.15) is 36.1 Å². The first-order chi connectivity index (χ1) is 16.9. The first-order valence-corrected chi connectivity index (χ1v) is 11.9. The Kier molecular flexibility index (Phi) is 8.13. The molecule has 1 saturated heterocycles. The highest BCUT2D eigenvalue weighted by Gasteiger charge is 2.32. The number of amides is 2. The quantitative estimate of drug-likeness (QED) is 0.400. The van der Waals surface area contributed by atoms with Gasteiger partial charge in [-0.3, -0.25) is 0 Å². The highest BCUT2D eigenvalue weighted by atomic mass is 19.4. The van der Waals surface area contributed by atoms with Crippen LogP contribution in [0.3, 0.4) is 0 Å². The van der Waals surface area contributed by atoms with E-state index in [1.807, 2.05) is 6.07 Å². The van der Waals surface area contributed by atoms with Crippen molar-refractivity contribution < 1.29 is 22.4 Å². The van der Waals surface area contributed by atoms with Gasteiger partial charge in [-0.2, -0.15) is 13.2 Å². The van der Waals surface area contributed by atoms with Gasteiger partial charge < -0.3 is 19.5 Å². The van der Waals surface area contributed by atoms with Crippen LogP contribution in [0.25, 0.3) is 0 Å². The summed E-state index contributed by atoms with van der Waals surface area (Å²) in [4.78, 5) is 17.3. The van der Waals surface area contributed by atoms with E-state index in [4.69, 9.17) is 4.42 Å². The van der Waals surface area contributed by atoms with Gasteiger partial charge in [0, 0.05) is 24.8 Å². The van der Waals surface area contributed by atoms with E-state index < -0.39 is 17.8 Å². The second kappa shape index (κ2) is 11.4. The second-order valence-corrected chi connectivity index (χ2v) is 8.88. The lowest BCUT2D eigenvalue weighted by Gasteiger charge is -2.38. The van der Waals surface area contributed by atoms with Crippen LogP contribution in [-0.2, 0) is 19.1 Å². The maximum absolute atomic E-state index is 13.2. The van der Waals surface area contributed by atoms with Gasteiger partial charge in [0.15, 0.2) is 0 Å². The van der Waals surface area contributed by atoms with Crippen LogP contribution in [0.4, 0.5) is 23.7 Å². The van der Waals surface area contributed by atoms with Gasteiger partial charge in [0.2, 0.25) is 0 Å². The molecule has 0 spiro atoms. The van der Waals surface area contributed by atoms with Gasteiger partial charge in [0.05, 0.1) is 18.4 Å². The molecule has 0 saturated carbocycles. The molecule has 2 amide bonds. The summed E-state index contributed by atoms with van der Waals surface area (Å²) in [5, 5.41) is 2.66. The van der Waals surface area contributed by atoms with E-state index >= 15 is 0 Å². The average molecular weight is 486 g/mol. The van der Waals surface area contributed by atoms with Crippen molar-refractivity contribution in [1.82, 2.24) is 9.80 Å². The minimum absolute atomic E-state index is 0.0312. The predicted octanol–water partition coefficient (Wildman–Crippen LogP) is 6.43. The van der Waals surface area contributed by atoms with Crippen LogP contribution < -0.4 is 5.32 Å². The third kappa shape index (κ3) is 7.11. The van der Waals surface area contributed by atoms with Gasteiger partial charge >= 0.3 is 12.2 Å². The Hall–Kier alpha value is -3.26. The lowest BCUT2D eigenvalue weighted by molar-refractivity contribution is -0.137. The van der Waals surface area contributed by atoms with Crippen LogP contribution in [0.5, 0.6) is 0 Å². The number of likely N-dealkylation sites (tertiary alicyclic amines) is 1. The lowest BCUT2D eigenvalue weighted by Crippen LogP contribution is -2.48. The molecule has 1 N–H and O–H groups in total. The fourth-order valence-corrected chi connectivity index (χ4v) is 4.51. The normalized spacial score (nSPS) is 15.2. The minimum Gasteiger partial charge on any atom is -0.467 e. The molecule has 1 aromatic heterocycles. The van der Waals surface area contributed by atoms with Crippen molar-refractivity contribution in [3.8, 4) is 0 Å². The van der Waals surface area contributed by atoms with Gasteiger partial charge in [-0.15, -0.1) is 0 Å². The zero-order chi connectivity index (χ0) is 24.7. The molecule has 0 radical (unpaired) electrons. The zero-order valence-corrected chi connectivity index (χ0v) is 19.5. The second-order valence-electron chi connectivity index (χ2n) is 8.88. The van der Waals surface area contributed by atoms with Crippen molar-refractivity contribution in [2.45, 2.75) is 44.4 Å². The van der Waals surface area contributed by atoms with E-state index in [1.54, 1.807) is 23.3 Å². The number of hydrogen-bond donors (Lipinski definition) is 1. The maximum Gasteiger partial charge on any atom is 0.416 e. The SMILES string of the molecule is O=C(Nc1cccc(C(F)(F)F)c1)N(Cc1ccco1)C1CCN(CCCc2ccccc2)CC1. The molecule has 8 heteroatoms. The first kappa shape index (κ1) is 24.9. The molecule has 0 bridgehead atoms. The Balaban J connectivity index is 1.36. The number of hydrogen-bond acceptors (Lipinski definition) is 3. The number of rotatable bonds is 8. The summed E-state index contributed by atoms with van der Waals surface area (Å²) in [7, 11) is 0. The van der Waals surface area contributed by atoms with Crippen molar-refractivity contribution in [1.29, 1.82) is 0 Å². The average Bonchev–Trinajstić information content (AvgIpc) is 3.37. The third-order valence-electron chi connectivity index (χ3n) is 6.39. The van der Waals surface area contributed by atoms with Gasteiger partial charge in [0.1, 0.15) is 5.76 Å². The topological polar surface area (TPSA) is 48.7 Å². The van der Waals surface area contributed by atoms with E-state index in [-0.39, 0.29) is 18.3 Å². The van der Waals surface area contributed by atoms with E-state index in [2.05, 4.69) is 34.5 Å². The van der Waals surface area contributed by atoms with Crippen LogP contribution >= 0.6 is 0 Å². The molecule has 35 heavy (non-hydrogen) atoms. The predicted molar refractivity (Wildman–Crippen MR) is 129 cm³/mol. The molecular formula is C27H30F3N3O2. The number of urea groups is 1. The number of furan rings is 1. The Morgan fingerprint density at radius 1 is 1.03 bits per heavy atom. The Morgan fingerprint density at radius 2 is 1.80 bits per heavy atom. The molecule has 1 fully saturated rings. The highest BCUT2D eigenvalue weighted by molar-refractivity contribution is 5.89. The number of anilines is 1. The monoisotopic (exact) mass is 485 g/mol. The summed E-state index contributed by atoms with van der Waals surface area (Å²) in [5.74, 6) is 0.634. The number of benzene rings is 2. The van der Waals surface area contributed by atoms with Crippen LogP contribution in [0.15, 0.2) is 77.4 Å². The van der Waals surface area contributed by atoms with Crippen LogP contribution in [-0.4, -0.2) is 41.5 Å². The van der Waals surface area contributed by atoms with Gasteiger partial charge in [0.25, 0.3) is 0 Å². The molecule has 0 unspecified atom stereocenters. The molecule has 5 nitrogen and oxygen atoms in total. The van der Waals surface area contributed by atoms with Crippen molar-refractivity contribution in [2.24, 2.45) is 0 Å². The molecule has 0 atom stereocenters. The number of carbonyl (C=O) groups is 1. The highest BCUT2D eigenvalue weighted by Crippen LogP contribution is 2.31. The van der Waals surface area contributed by atoms with E-state index in [0.717, 1.165) is 57.5 Å². The number of aryl methyl sites for hydroxylation is 1. The van der Waals surface area contributed by atoms with E-state index in [0.29, 0.717) is 5.76 Å².